The first-order valence-electron chi connectivity index (χ1n) is 5.01. The minimum Gasteiger partial charge on any atom is -0.496 e. The molecule has 17 heavy (non-hydrogen) atoms. The zero-order valence-electron chi connectivity index (χ0n) is 9.76. The molecule has 0 aliphatic rings. The lowest BCUT2D eigenvalue weighted by atomic mass is 10.1. The molecular formula is C11H15NO4S. The number of hydrogen-bond acceptors (Lipinski definition) is 5. The lowest BCUT2D eigenvalue weighted by molar-refractivity contribution is 0.0982. The Morgan fingerprint density at radius 1 is 1.41 bits per heavy atom. The van der Waals surface area contributed by atoms with Crippen molar-refractivity contribution >= 4 is 15.6 Å². The van der Waals surface area contributed by atoms with Crippen LogP contribution in [0.5, 0.6) is 5.75 Å². The highest BCUT2D eigenvalue weighted by Gasteiger charge is 2.16. The summed E-state index contributed by atoms with van der Waals surface area (Å²) in [5, 5.41) is 0. The third kappa shape index (κ3) is 3.28. The third-order valence-corrected chi connectivity index (χ3v) is 3.38. The maximum Gasteiger partial charge on any atom is 0.175 e. The van der Waals surface area contributed by atoms with Crippen LogP contribution in [0.2, 0.25) is 0 Å². The summed E-state index contributed by atoms with van der Waals surface area (Å²) >= 11 is 0. The Hall–Kier alpha value is -1.40. The molecule has 0 saturated carbocycles. The van der Waals surface area contributed by atoms with Crippen molar-refractivity contribution < 1.29 is 17.9 Å². The van der Waals surface area contributed by atoms with E-state index in [-0.39, 0.29) is 29.2 Å². The van der Waals surface area contributed by atoms with Crippen LogP contribution >= 0.6 is 0 Å². The zero-order chi connectivity index (χ0) is 13.1. The van der Waals surface area contributed by atoms with Crippen LogP contribution in [0, 0.1) is 0 Å². The highest BCUT2D eigenvalue weighted by molar-refractivity contribution is 7.90. The SMILES string of the molecule is COc1ccc(S(C)(=O)=O)cc1C(=O)CCN. The molecule has 0 heterocycles. The first-order chi connectivity index (χ1) is 7.90. The van der Waals surface area contributed by atoms with Crippen LogP contribution in [0.25, 0.3) is 0 Å². The van der Waals surface area contributed by atoms with E-state index in [4.69, 9.17) is 10.5 Å². The number of ketones is 1. The second-order valence-corrected chi connectivity index (χ2v) is 5.61. The van der Waals surface area contributed by atoms with Crippen LogP contribution in [0.1, 0.15) is 16.8 Å². The van der Waals surface area contributed by atoms with Gasteiger partial charge in [-0.1, -0.05) is 0 Å². The van der Waals surface area contributed by atoms with Gasteiger partial charge in [0.15, 0.2) is 15.6 Å². The van der Waals surface area contributed by atoms with Gasteiger partial charge in [0.25, 0.3) is 0 Å². The van der Waals surface area contributed by atoms with Crippen molar-refractivity contribution in [1.82, 2.24) is 0 Å². The molecule has 6 heteroatoms. The van der Waals surface area contributed by atoms with Gasteiger partial charge < -0.3 is 10.5 Å². The van der Waals surface area contributed by atoms with Gasteiger partial charge in [-0.15, -0.1) is 0 Å². The maximum absolute atomic E-state index is 11.7. The fourth-order valence-corrected chi connectivity index (χ4v) is 2.05. The van der Waals surface area contributed by atoms with Gasteiger partial charge in [-0.3, -0.25) is 4.79 Å². The van der Waals surface area contributed by atoms with Crippen LogP contribution in [0.4, 0.5) is 0 Å². The topological polar surface area (TPSA) is 86.5 Å². The highest BCUT2D eigenvalue weighted by atomic mass is 32.2. The van der Waals surface area contributed by atoms with Crippen molar-refractivity contribution in [2.75, 3.05) is 19.9 Å². The zero-order valence-corrected chi connectivity index (χ0v) is 10.6. The Morgan fingerprint density at radius 2 is 2.06 bits per heavy atom. The van der Waals surface area contributed by atoms with E-state index in [0.717, 1.165) is 6.26 Å². The molecular weight excluding hydrogens is 242 g/mol. The summed E-state index contributed by atoms with van der Waals surface area (Å²) in [5.41, 5.74) is 5.55. The molecule has 0 atom stereocenters. The van der Waals surface area contributed by atoms with E-state index in [1.807, 2.05) is 0 Å². The lowest BCUT2D eigenvalue weighted by Crippen LogP contribution is -2.10. The second-order valence-electron chi connectivity index (χ2n) is 3.60. The Morgan fingerprint density at radius 3 is 2.53 bits per heavy atom. The van der Waals surface area contributed by atoms with Gasteiger partial charge in [0.1, 0.15) is 5.75 Å². The van der Waals surface area contributed by atoms with E-state index in [9.17, 15) is 13.2 Å². The Kier molecular flexibility index (Phi) is 4.25. The number of carbonyl (C=O) groups excluding carboxylic acids is 1. The summed E-state index contributed by atoms with van der Waals surface area (Å²) in [6.45, 7) is 0.213. The molecule has 0 spiro atoms. The van der Waals surface area contributed by atoms with E-state index in [1.54, 1.807) is 0 Å². The molecule has 1 aromatic rings. The number of sulfone groups is 1. The number of Topliss-reactive ketones (excluding diaryl/α,β-unsaturated/α-hetero) is 1. The molecule has 0 aromatic heterocycles. The molecule has 0 amide bonds. The van der Waals surface area contributed by atoms with Crippen molar-refractivity contribution in [1.29, 1.82) is 0 Å². The average molecular weight is 257 g/mol. The van der Waals surface area contributed by atoms with Crippen molar-refractivity contribution in [2.45, 2.75) is 11.3 Å². The van der Waals surface area contributed by atoms with Crippen molar-refractivity contribution in [3.05, 3.63) is 23.8 Å². The largest absolute Gasteiger partial charge is 0.496 e. The van der Waals surface area contributed by atoms with E-state index in [0.29, 0.717) is 5.75 Å². The Balaban J connectivity index is 3.30. The van der Waals surface area contributed by atoms with Crippen LogP contribution in [0.3, 0.4) is 0 Å². The maximum atomic E-state index is 11.7. The second kappa shape index (κ2) is 5.29. The minimum atomic E-state index is -3.34. The monoisotopic (exact) mass is 257 g/mol. The van der Waals surface area contributed by atoms with E-state index >= 15 is 0 Å². The van der Waals surface area contributed by atoms with Crippen molar-refractivity contribution in [2.24, 2.45) is 5.73 Å². The predicted octanol–water partition coefficient (Wildman–Crippen LogP) is 0.630. The molecule has 0 bridgehead atoms. The third-order valence-electron chi connectivity index (χ3n) is 2.27. The molecule has 1 aromatic carbocycles. The van der Waals surface area contributed by atoms with Crippen molar-refractivity contribution in [3.63, 3.8) is 0 Å². The quantitative estimate of drug-likeness (QED) is 0.782. The molecule has 2 N–H and O–H groups in total. The molecule has 0 saturated heterocycles. The predicted molar refractivity (Wildman–Crippen MR) is 64.1 cm³/mol. The molecule has 94 valence electrons. The number of nitrogens with two attached hydrogens (primary N) is 1. The van der Waals surface area contributed by atoms with Crippen LogP contribution in [-0.2, 0) is 9.84 Å². The van der Waals surface area contributed by atoms with Crippen LogP contribution in [0.15, 0.2) is 23.1 Å². The molecule has 0 aliphatic heterocycles. The Labute approximate surface area is 100 Å². The van der Waals surface area contributed by atoms with Gasteiger partial charge in [-0.2, -0.15) is 0 Å². The van der Waals surface area contributed by atoms with E-state index in [2.05, 4.69) is 0 Å². The van der Waals surface area contributed by atoms with Gasteiger partial charge >= 0.3 is 0 Å². The van der Waals surface area contributed by atoms with E-state index < -0.39 is 9.84 Å². The van der Waals surface area contributed by atoms with Gasteiger partial charge in [0, 0.05) is 12.7 Å². The van der Waals surface area contributed by atoms with Crippen molar-refractivity contribution in [3.8, 4) is 5.75 Å². The van der Waals surface area contributed by atoms with Gasteiger partial charge in [0.05, 0.1) is 17.6 Å². The molecule has 0 radical (unpaired) electrons. The number of ether oxygens (including phenoxy) is 1. The fraction of sp³-hybridized carbons (Fsp3) is 0.364. The Bertz CT molecular complexity index is 522. The van der Waals surface area contributed by atoms with Crippen LogP contribution < -0.4 is 10.5 Å². The first kappa shape index (κ1) is 13.7. The normalized spacial score (nSPS) is 11.2. The van der Waals surface area contributed by atoms with E-state index in [1.165, 1.54) is 25.3 Å². The van der Waals surface area contributed by atoms with Gasteiger partial charge in [-0.05, 0) is 24.7 Å². The molecule has 0 unspecified atom stereocenters. The molecule has 5 nitrogen and oxygen atoms in total. The number of methoxy groups -OCH3 is 1. The van der Waals surface area contributed by atoms with Gasteiger partial charge in [0.2, 0.25) is 0 Å². The number of hydrogen-bond donors (Lipinski definition) is 1. The molecule has 1 rings (SSSR count). The van der Waals surface area contributed by atoms with Crippen LogP contribution in [-0.4, -0.2) is 34.1 Å². The molecule has 0 fully saturated rings. The summed E-state index contributed by atoms with van der Waals surface area (Å²) < 4.78 is 27.8. The summed E-state index contributed by atoms with van der Waals surface area (Å²) in [7, 11) is -1.91. The number of carbonyl (C=O) groups is 1. The fourth-order valence-electron chi connectivity index (χ4n) is 1.40. The number of benzene rings is 1. The summed E-state index contributed by atoms with van der Waals surface area (Å²) in [6.07, 6.45) is 1.25. The van der Waals surface area contributed by atoms with Gasteiger partial charge in [-0.25, -0.2) is 8.42 Å². The summed E-state index contributed by atoms with van der Waals surface area (Å²) in [5.74, 6) is 0.130. The highest BCUT2D eigenvalue weighted by Crippen LogP contribution is 2.23. The average Bonchev–Trinajstić information content (AvgIpc) is 2.27. The smallest absolute Gasteiger partial charge is 0.175 e. The standard InChI is InChI=1S/C11H15NO4S/c1-16-11-4-3-8(17(2,14)15)7-9(11)10(13)5-6-12/h3-4,7H,5-6,12H2,1-2H3. The minimum absolute atomic E-state index is 0.0960. The summed E-state index contributed by atoms with van der Waals surface area (Å²) in [6, 6.07) is 4.21. The lowest BCUT2D eigenvalue weighted by Gasteiger charge is -2.08. The molecule has 0 aliphatic carbocycles. The first-order valence-corrected chi connectivity index (χ1v) is 6.90. The number of rotatable bonds is 5. The summed E-state index contributed by atoms with van der Waals surface area (Å²) in [4.78, 5) is 11.8.